The molecule has 3 rings (SSSR count). The van der Waals surface area contributed by atoms with Crippen molar-refractivity contribution in [2.75, 3.05) is 20.2 Å². The lowest BCUT2D eigenvalue weighted by Crippen LogP contribution is -2.43. The Bertz CT molecular complexity index is 798. The number of amides is 2. The van der Waals surface area contributed by atoms with Crippen molar-refractivity contribution in [2.45, 2.75) is 25.8 Å². The van der Waals surface area contributed by atoms with Crippen molar-refractivity contribution in [3.05, 3.63) is 53.7 Å². The molecule has 0 bridgehead atoms. The fraction of sp³-hybridized carbons (Fsp3) is 0.400. The Hall–Kier alpha value is -2.83. The minimum atomic E-state index is -0.458. The fourth-order valence-electron chi connectivity index (χ4n) is 3.27. The predicted octanol–water partition coefficient (Wildman–Crippen LogP) is 3.16. The molecule has 1 N–H and O–H groups in total. The molecule has 27 heavy (non-hydrogen) atoms. The molecule has 0 radical (unpaired) electrons. The predicted molar refractivity (Wildman–Crippen MR) is 96.8 cm³/mol. The molecular weight excluding hydrogens is 351 g/mol. The third kappa shape index (κ3) is 4.30. The van der Waals surface area contributed by atoms with E-state index in [0.29, 0.717) is 37.3 Å². The molecule has 0 spiro atoms. The van der Waals surface area contributed by atoms with E-state index in [4.69, 9.17) is 9.15 Å². The van der Waals surface area contributed by atoms with Gasteiger partial charge in [-0.2, -0.15) is 0 Å². The highest BCUT2D eigenvalue weighted by atomic mass is 19.1. The van der Waals surface area contributed by atoms with E-state index in [1.54, 1.807) is 29.2 Å². The van der Waals surface area contributed by atoms with Gasteiger partial charge in [-0.25, -0.2) is 4.39 Å². The highest BCUT2D eigenvalue weighted by Crippen LogP contribution is 2.24. The Balaban J connectivity index is 1.53. The van der Waals surface area contributed by atoms with Crippen LogP contribution in [-0.4, -0.2) is 36.9 Å². The third-order valence-corrected chi connectivity index (χ3v) is 4.92. The van der Waals surface area contributed by atoms with Gasteiger partial charge in [0.05, 0.1) is 19.4 Å². The van der Waals surface area contributed by atoms with Gasteiger partial charge in [-0.1, -0.05) is 6.07 Å². The normalized spacial score (nSPS) is 16.0. The molecular formula is C20H23FN2O4. The summed E-state index contributed by atoms with van der Waals surface area (Å²) in [6.45, 7) is 2.82. The third-order valence-electron chi connectivity index (χ3n) is 4.92. The molecule has 144 valence electrons. The SMILES string of the molecule is COc1ccc(C(C)NC(=O)C2CCN(C(=O)c3ccco3)CC2)cc1F. The number of piperidine rings is 1. The highest BCUT2D eigenvalue weighted by Gasteiger charge is 2.29. The van der Waals surface area contributed by atoms with Crippen LogP contribution in [0.1, 0.15) is 41.9 Å². The second-order valence-electron chi connectivity index (χ2n) is 6.67. The van der Waals surface area contributed by atoms with Crippen molar-refractivity contribution in [1.29, 1.82) is 0 Å². The molecule has 2 heterocycles. The van der Waals surface area contributed by atoms with Gasteiger partial charge < -0.3 is 19.4 Å². The summed E-state index contributed by atoms with van der Waals surface area (Å²) in [5.41, 5.74) is 0.673. The quantitative estimate of drug-likeness (QED) is 0.873. The lowest BCUT2D eigenvalue weighted by molar-refractivity contribution is -0.127. The first-order valence-electron chi connectivity index (χ1n) is 8.96. The monoisotopic (exact) mass is 374 g/mol. The van der Waals surface area contributed by atoms with Gasteiger partial charge in [-0.15, -0.1) is 0 Å². The number of carbonyl (C=O) groups is 2. The number of furan rings is 1. The topological polar surface area (TPSA) is 71.8 Å². The number of carbonyl (C=O) groups excluding carboxylic acids is 2. The van der Waals surface area contributed by atoms with E-state index in [1.807, 2.05) is 6.92 Å². The lowest BCUT2D eigenvalue weighted by Gasteiger charge is -2.31. The van der Waals surface area contributed by atoms with Crippen molar-refractivity contribution < 1.29 is 23.1 Å². The maximum Gasteiger partial charge on any atom is 0.289 e. The number of rotatable bonds is 5. The Morgan fingerprint density at radius 3 is 2.63 bits per heavy atom. The van der Waals surface area contributed by atoms with E-state index in [-0.39, 0.29) is 29.5 Å². The summed E-state index contributed by atoms with van der Waals surface area (Å²) in [5, 5.41) is 2.93. The van der Waals surface area contributed by atoms with Crippen LogP contribution in [-0.2, 0) is 4.79 Å². The first-order chi connectivity index (χ1) is 13.0. The summed E-state index contributed by atoms with van der Waals surface area (Å²) in [4.78, 5) is 26.5. The molecule has 0 aliphatic carbocycles. The molecule has 1 saturated heterocycles. The van der Waals surface area contributed by atoms with Gasteiger partial charge in [0, 0.05) is 19.0 Å². The van der Waals surface area contributed by atoms with Crippen molar-refractivity contribution >= 4 is 11.8 Å². The van der Waals surface area contributed by atoms with Crippen LogP contribution in [0.5, 0.6) is 5.75 Å². The second-order valence-corrected chi connectivity index (χ2v) is 6.67. The van der Waals surface area contributed by atoms with Crippen LogP contribution in [0.4, 0.5) is 4.39 Å². The molecule has 7 heteroatoms. The smallest absolute Gasteiger partial charge is 0.289 e. The molecule has 2 amide bonds. The number of methoxy groups -OCH3 is 1. The van der Waals surface area contributed by atoms with E-state index in [1.165, 1.54) is 19.4 Å². The summed E-state index contributed by atoms with van der Waals surface area (Å²) in [6, 6.07) is 7.65. The Labute approximate surface area is 157 Å². The van der Waals surface area contributed by atoms with Crippen LogP contribution in [0, 0.1) is 11.7 Å². The van der Waals surface area contributed by atoms with Crippen molar-refractivity contribution in [3.8, 4) is 5.75 Å². The van der Waals surface area contributed by atoms with Gasteiger partial charge in [0.25, 0.3) is 5.91 Å². The number of nitrogens with zero attached hydrogens (tertiary/aromatic N) is 1. The average Bonchev–Trinajstić information content (AvgIpc) is 3.22. The van der Waals surface area contributed by atoms with E-state index < -0.39 is 5.82 Å². The number of halogens is 1. The number of ether oxygens (including phenoxy) is 1. The molecule has 1 fully saturated rings. The van der Waals surface area contributed by atoms with Crippen LogP contribution < -0.4 is 10.1 Å². The number of hydrogen-bond donors (Lipinski definition) is 1. The molecule has 6 nitrogen and oxygen atoms in total. The Morgan fingerprint density at radius 2 is 2.04 bits per heavy atom. The van der Waals surface area contributed by atoms with Gasteiger partial charge in [0.1, 0.15) is 0 Å². The minimum Gasteiger partial charge on any atom is -0.494 e. The summed E-state index contributed by atoms with van der Waals surface area (Å²) in [7, 11) is 1.41. The summed E-state index contributed by atoms with van der Waals surface area (Å²) < 4.78 is 23.9. The van der Waals surface area contributed by atoms with Gasteiger partial charge in [0.2, 0.25) is 5.91 Å². The van der Waals surface area contributed by atoms with Crippen LogP contribution in [0.3, 0.4) is 0 Å². The van der Waals surface area contributed by atoms with Gasteiger partial charge in [0.15, 0.2) is 17.3 Å². The van der Waals surface area contributed by atoms with Gasteiger partial charge in [-0.05, 0) is 49.6 Å². The van der Waals surface area contributed by atoms with Crippen LogP contribution in [0.25, 0.3) is 0 Å². The molecule has 1 aromatic carbocycles. The molecule has 1 aliphatic rings. The fourth-order valence-corrected chi connectivity index (χ4v) is 3.27. The zero-order valence-electron chi connectivity index (χ0n) is 15.4. The zero-order valence-corrected chi connectivity index (χ0v) is 15.4. The van der Waals surface area contributed by atoms with Crippen molar-refractivity contribution in [1.82, 2.24) is 10.2 Å². The molecule has 0 saturated carbocycles. The first-order valence-corrected chi connectivity index (χ1v) is 8.96. The van der Waals surface area contributed by atoms with Crippen molar-refractivity contribution in [3.63, 3.8) is 0 Å². The molecule has 1 unspecified atom stereocenters. The second kappa shape index (κ2) is 8.24. The minimum absolute atomic E-state index is 0.0798. The zero-order chi connectivity index (χ0) is 19.4. The summed E-state index contributed by atoms with van der Waals surface area (Å²) in [5.74, 6) is -0.374. The molecule has 1 aromatic heterocycles. The summed E-state index contributed by atoms with van der Waals surface area (Å²) >= 11 is 0. The number of nitrogens with one attached hydrogen (secondary N) is 1. The largest absolute Gasteiger partial charge is 0.494 e. The Morgan fingerprint density at radius 1 is 1.30 bits per heavy atom. The lowest BCUT2D eigenvalue weighted by atomic mass is 9.95. The average molecular weight is 374 g/mol. The summed E-state index contributed by atoms with van der Waals surface area (Å²) in [6.07, 6.45) is 2.64. The maximum atomic E-state index is 13.9. The molecule has 2 aromatic rings. The van der Waals surface area contributed by atoms with Crippen LogP contribution in [0.15, 0.2) is 41.0 Å². The highest BCUT2D eigenvalue weighted by molar-refractivity contribution is 5.91. The number of benzene rings is 1. The van der Waals surface area contributed by atoms with Crippen molar-refractivity contribution in [2.24, 2.45) is 5.92 Å². The van der Waals surface area contributed by atoms with E-state index in [0.717, 1.165) is 0 Å². The maximum absolute atomic E-state index is 13.9. The molecule has 1 atom stereocenters. The van der Waals surface area contributed by atoms with Crippen LogP contribution >= 0.6 is 0 Å². The molecule has 1 aliphatic heterocycles. The van der Waals surface area contributed by atoms with E-state index in [9.17, 15) is 14.0 Å². The van der Waals surface area contributed by atoms with Gasteiger partial charge in [-0.3, -0.25) is 9.59 Å². The standard InChI is InChI=1S/C20H23FN2O4/c1-13(15-5-6-17(26-2)16(21)12-15)22-19(24)14-7-9-23(10-8-14)20(25)18-4-3-11-27-18/h3-6,11-14H,7-10H2,1-2H3,(H,22,24). The first kappa shape index (κ1) is 18.9. The van der Waals surface area contributed by atoms with E-state index in [2.05, 4.69) is 5.32 Å². The van der Waals surface area contributed by atoms with Crippen LogP contribution in [0.2, 0.25) is 0 Å². The van der Waals surface area contributed by atoms with Gasteiger partial charge >= 0.3 is 0 Å². The Kier molecular flexibility index (Phi) is 5.78. The van der Waals surface area contributed by atoms with E-state index >= 15 is 0 Å². The number of hydrogen-bond acceptors (Lipinski definition) is 4. The number of likely N-dealkylation sites (tertiary alicyclic amines) is 1.